The van der Waals surface area contributed by atoms with Crippen molar-refractivity contribution in [1.82, 2.24) is 19.9 Å². The highest BCUT2D eigenvalue weighted by atomic mass is 19.1. The minimum Gasteiger partial charge on any atom is -0.370 e. The van der Waals surface area contributed by atoms with Gasteiger partial charge in [0, 0.05) is 45.6 Å². The van der Waals surface area contributed by atoms with E-state index in [1.165, 1.54) is 6.07 Å². The van der Waals surface area contributed by atoms with Crippen molar-refractivity contribution in [1.29, 1.82) is 0 Å². The molecule has 0 radical (unpaired) electrons. The van der Waals surface area contributed by atoms with Crippen molar-refractivity contribution in [3.8, 4) is 0 Å². The molecule has 3 rings (SSSR count). The molecule has 1 aliphatic heterocycles. The van der Waals surface area contributed by atoms with Gasteiger partial charge in [-0.25, -0.2) is 4.39 Å². The number of nitrogens with zero attached hydrogens (tertiary/aromatic N) is 4. The summed E-state index contributed by atoms with van der Waals surface area (Å²) in [6.07, 6.45) is 0.708. The van der Waals surface area contributed by atoms with E-state index in [2.05, 4.69) is 19.9 Å². The van der Waals surface area contributed by atoms with Crippen molar-refractivity contribution in [3.63, 3.8) is 0 Å². The first-order chi connectivity index (χ1) is 12.1. The molecule has 1 aromatic heterocycles. The lowest BCUT2D eigenvalue weighted by Gasteiger charge is -2.33. The SMILES string of the molecule is NC(=O)CCN1CCN(Cc2nc(Cc3ccccc3F)no2)CC1. The molecule has 0 spiro atoms. The Morgan fingerprint density at radius 2 is 1.92 bits per heavy atom. The number of amides is 1. The van der Waals surface area contributed by atoms with Gasteiger partial charge in [0.25, 0.3) is 0 Å². The van der Waals surface area contributed by atoms with Gasteiger partial charge in [-0.15, -0.1) is 0 Å². The van der Waals surface area contributed by atoms with Crippen molar-refractivity contribution in [2.45, 2.75) is 19.4 Å². The maximum absolute atomic E-state index is 13.7. The minimum atomic E-state index is -0.268. The van der Waals surface area contributed by atoms with Crippen LogP contribution in [-0.4, -0.2) is 58.6 Å². The van der Waals surface area contributed by atoms with Crippen LogP contribution in [0, 0.1) is 5.82 Å². The number of primary amides is 1. The Labute approximate surface area is 145 Å². The van der Waals surface area contributed by atoms with E-state index in [4.69, 9.17) is 10.3 Å². The van der Waals surface area contributed by atoms with Crippen LogP contribution in [0.15, 0.2) is 28.8 Å². The number of aromatic nitrogens is 2. The summed E-state index contributed by atoms with van der Waals surface area (Å²) in [7, 11) is 0. The minimum absolute atomic E-state index is 0.263. The van der Waals surface area contributed by atoms with Gasteiger partial charge in [0.05, 0.1) is 6.54 Å². The third-order valence-corrected chi connectivity index (χ3v) is 4.31. The highest BCUT2D eigenvalue weighted by Crippen LogP contribution is 2.12. The van der Waals surface area contributed by atoms with Gasteiger partial charge in [-0.05, 0) is 11.6 Å². The molecular weight excluding hydrogens is 325 g/mol. The molecule has 1 aliphatic rings. The van der Waals surface area contributed by atoms with E-state index < -0.39 is 0 Å². The summed E-state index contributed by atoms with van der Waals surface area (Å²) in [6, 6.07) is 6.59. The second-order valence-electron chi connectivity index (χ2n) is 6.21. The molecule has 7 nitrogen and oxygen atoms in total. The maximum atomic E-state index is 13.7. The molecule has 1 saturated heterocycles. The van der Waals surface area contributed by atoms with Gasteiger partial charge in [0.2, 0.25) is 11.8 Å². The van der Waals surface area contributed by atoms with Crippen molar-refractivity contribution in [2.24, 2.45) is 5.73 Å². The van der Waals surface area contributed by atoms with Gasteiger partial charge in [0.15, 0.2) is 5.82 Å². The topological polar surface area (TPSA) is 88.5 Å². The predicted molar refractivity (Wildman–Crippen MR) is 89.0 cm³/mol. The Morgan fingerprint density at radius 1 is 1.20 bits per heavy atom. The largest absolute Gasteiger partial charge is 0.370 e. The number of piperazine rings is 1. The molecule has 0 atom stereocenters. The molecule has 1 aromatic carbocycles. The van der Waals surface area contributed by atoms with E-state index in [-0.39, 0.29) is 11.7 Å². The number of benzene rings is 1. The first kappa shape index (κ1) is 17.5. The van der Waals surface area contributed by atoms with Crippen LogP contribution in [0.4, 0.5) is 4.39 Å². The molecule has 25 heavy (non-hydrogen) atoms. The van der Waals surface area contributed by atoms with Crippen molar-refractivity contribution in [2.75, 3.05) is 32.7 Å². The number of carbonyl (C=O) groups is 1. The van der Waals surface area contributed by atoms with E-state index in [0.717, 1.165) is 26.2 Å². The lowest BCUT2D eigenvalue weighted by Crippen LogP contribution is -2.46. The van der Waals surface area contributed by atoms with Crippen LogP contribution in [0.1, 0.15) is 23.7 Å². The summed E-state index contributed by atoms with van der Waals surface area (Å²) in [5, 5.41) is 3.94. The average molecular weight is 347 g/mol. The molecular formula is C17H22FN5O2. The first-order valence-electron chi connectivity index (χ1n) is 8.38. The second-order valence-corrected chi connectivity index (χ2v) is 6.21. The van der Waals surface area contributed by atoms with E-state index >= 15 is 0 Å². The Kier molecular flexibility index (Phi) is 5.72. The molecule has 1 fully saturated rings. The number of halogens is 1. The Balaban J connectivity index is 1.48. The quantitative estimate of drug-likeness (QED) is 0.797. The molecule has 134 valence electrons. The van der Waals surface area contributed by atoms with Gasteiger partial charge in [-0.2, -0.15) is 4.98 Å². The zero-order valence-electron chi connectivity index (χ0n) is 14.0. The van der Waals surface area contributed by atoms with Gasteiger partial charge >= 0.3 is 0 Å². The molecule has 0 aliphatic carbocycles. The molecule has 8 heteroatoms. The molecule has 2 N–H and O–H groups in total. The summed E-state index contributed by atoms with van der Waals surface area (Å²) in [6.45, 7) is 4.77. The summed E-state index contributed by atoms with van der Waals surface area (Å²) < 4.78 is 19.0. The summed E-state index contributed by atoms with van der Waals surface area (Å²) >= 11 is 0. The summed E-state index contributed by atoms with van der Waals surface area (Å²) in [5.74, 6) is 0.494. The predicted octanol–water partition coefficient (Wildman–Crippen LogP) is 0.793. The van der Waals surface area contributed by atoms with Gasteiger partial charge in [-0.1, -0.05) is 23.4 Å². The molecule has 1 amide bonds. The monoisotopic (exact) mass is 347 g/mol. The molecule has 0 bridgehead atoms. The van der Waals surface area contributed by atoms with Gasteiger partial charge < -0.3 is 15.2 Å². The Hall–Kier alpha value is -2.32. The zero-order chi connectivity index (χ0) is 17.6. The van der Waals surface area contributed by atoms with Crippen LogP contribution >= 0.6 is 0 Å². The maximum Gasteiger partial charge on any atom is 0.240 e. The number of rotatable bonds is 7. The van der Waals surface area contributed by atoms with E-state index in [9.17, 15) is 9.18 Å². The molecule has 0 unspecified atom stereocenters. The van der Waals surface area contributed by atoms with Crippen molar-refractivity contribution < 1.29 is 13.7 Å². The Morgan fingerprint density at radius 3 is 2.64 bits per heavy atom. The highest BCUT2D eigenvalue weighted by Gasteiger charge is 2.19. The fourth-order valence-corrected chi connectivity index (χ4v) is 2.87. The number of hydrogen-bond acceptors (Lipinski definition) is 6. The second kappa shape index (κ2) is 8.17. The third-order valence-electron chi connectivity index (χ3n) is 4.31. The van der Waals surface area contributed by atoms with E-state index in [1.807, 2.05) is 0 Å². The number of hydrogen-bond donors (Lipinski definition) is 1. The van der Waals surface area contributed by atoms with Crippen LogP contribution in [0.5, 0.6) is 0 Å². The van der Waals surface area contributed by atoms with Crippen LogP contribution in [0.3, 0.4) is 0 Å². The van der Waals surface area contributed by atoms with Crippen molar-refractivity contribution in [3.05, 3.63) is 47.4 Å². The molecule has 2 aromatic rings. The van der Waals surface area contributed by atoms with Crippen LogP contribution in [0.25, 0.3) is 0 Å². The third kappa shape index (κ3) is 5.07. The standard InChI is InChI=1S/C17H22FN5O2/c18-14-4-2-1-3-13(14)11-16-20-17(25-21-16)12-23-9-7-22(8-10-23)6-5-15(19)24/h1-4H,5-12H2,(H2,19,24). The highest BCUT2D eigenvalue weighted by molar-refractivity contribution is 5.73. The average Bonchev–Trinajstić information content (AvgIpc) is 3.03. The number of nitrogens with two attached hydrogens (primary N) is 1. The normalized spacial score (nSPS) is 16.2. The fraction of sp³-hybridized carbons (Fsp3) is 0.471. The lowest BCUT2D eigenvalue weighted by atomic mass is 10.1. The lowest BCUT2D eigenvalue weighted by molar-refractivity contribution is -0.118. The zero-order valence-corrected chi connectivity index (χ0v) is 14.0. The van der Waals surface area contributed by atoms with Crippen molar-refractivity contribution >= 4 is 5.91 Å². The van der Waals surface area contributed by atoms with Crippen LogP contribution in [-0.2, 0) is 17.8 Å². The van der Waals surface area contributed by atoms with E-state index in [0.29, 0.717) is 43.2 Å². The van der Waals surface area contributed by atoms with Gasteiger partial charge in [-0.3, -0.25) is 9.69 Å². The summed E-state index contributed by atoms with van der Waals surface area (Å²) in [4.78, 5) is 19.6. The smallest absolute Gasteiger partial charge is 0.240 e. The first-order valence-corrected chi connectivity index (χ1v) is 8.38. The van der Waals surface area contributed by atoms with E-state index in [1.54, 1.807) is 18.2 Å². The molecule has 2 heterocycles. The Bertz CT molecular complexity index is 713. The van der Waals surface area contributed by atoms with Crippen LogP contribution < -0.4 is 5.73 Å². The van der Waals surface area contributed by atoms with Gasteiger partial charge in [0.1, 0.15) is 5.82 Å². The summed E-state index contributed by atoms with van der Waals surface area (Å²) in [5.41, 5.74) is 5.73. The molecule has 0 saturated carbocycles. The fourth-order valence-electron chi connectivity index (χ4n) is 2.87. The number of carbonyl (C=O) groups excluding carboxylic acids is 1. The van der Waals surface area contributed by atoms with Crippen LogP contribution in [0.2, 0.25) is 0 Å².